The number of aryl methyl sites for hydroxylation is 1. The fraction of sp³-hybridized carbons (Fsp3) is 0.231. The molecule has 0 saturated carbocycles. The van der Waals surface area contributed by atoms with Gasteiger partial charge in [0.1, 0.15) is 0 Å². The van der Waals surface area contributed by atoms with Crippen LogP contribution in [0.2, 0.25) is 0 Å². The molecule has 0 amide bonds. The first kappa shape index (κ1) is 16.0. The Labute approximate surface area is 131 Å². The zero-order chi connectivity index (χ0) is 15.8. The van der Waals surface area contributed by atoms with E-state index in [2.05, 4.69) is 26.2 Å². The molecule has 1 heterocycles. The van der Waals surface area contributed by atoms with Crippen LogP contribution in [0.15, 0.2) is 22.7 Å². The van der Waals surface area contributed by atoms with Crippen molar-refractivity contribution < 1.29 is 18.0 Å². The topological polar surface area (TPSA) is 42.0 Å². The summed E-state index contributed by atoms with van der Waals surface area (Å²) in [5.74, 6) is -0.121. The Kier molecular flexibility index (Phi) is 4.38. The number of nitrogens with zero attached hydrogens (tertiary/aromatic N) is 1. The van der Waals surface area contributed by atoms with Crippen molar-refractivity contribution in [3.63, 3.8) is 0 Å². The summed E-state index contributed by atoms with van der Waals surface area (Å²) >= 11 is 4.00. The number of Topliss-reactive ketones (excluding diaryl/α,β-unsaturated/α-hetero) is 1. The Morgan fingerprint density at radius 2 is 2.05 bits per heavy atom. The lowest BCUT2D eigenvalue weighted by Crippen LogP contribution is -2.06. The Morgan fingerprint density at radius 3 is 2.57 bits per heavy atom. The minimum absolute atomic E-state index is 0.0275. The van der Waals surface area contributed by atoms with E-state index in [9.17, 15) is 18.0 Å². The number of carbonyl (C=O) groups is 1. The van der Waals surface area contributed by atoms with Crippen LogP contribution in [-0.2, 0) is 6.18 Å². The van der Waals surface area contributed by atoms with Gasteiger partial charge in [0.15, 0.2) is 10.9 Å². The van der Waals surface area contributed by atoms with Crippen molar-refractivity contribution in [2.75, 3.05) is 5.32 Å². The summed E-state index contributed by atoms with van der Waals surface area (Å²) in [6.45, 7) is 3.10. The van der Waals surface area contributed by atoms with Gasteiger partial charge >= 0.3 is 6.18 Å². The summed E-state index contributed by atoms with van der Waals surface area (Å²) in [5.41, 5.74) is 0.0464. The summed E-state index contributed by atoms with van der Waals surface area (Å²) < 4.78 is 38.5. The van der Waals surface area contributed by atoms with Crippen molar-refractivity contribution >= 4 is 43.9 Å². The van der Waals surface area contributed by atoms with Crippen LogP contribution in [0.5, 0.6) is 0 Å². The predicted molar refractivity (Wildman–Crippen MR) is 79.3 cm³/mol. The third-order valence-corrected chi connectivity index (χ3v) is 4.50. The maximum atomic E-state index is 12.8. The van der Waals surface area contributed by atoms with Gasteiger partial charge in [-0.05, 0) is 25.1 Å². The smallest absolute Gasteiger partial charge is 0.332 e. The van der Waals surface area contributed by atoms with E-state index < -0.39 is 11.7 Å². The number of ketones is 1. The number of aromatic nitrogens is 1. The second-order valence-electron chi connectivity index (χ2n) is 4.31. The van der Waals surface area contributed by atoms with Crippen molar-refractivity contribution in [3.05, 3.63) is 38.8 Å². The number of alkyl halides is 3. The monoisotopic (exact) mass is 378 g/mol. The maximum Gasteiger partial charge on any atom is 0.417 e. The van der Waals surface area contributed by atoms with E-state index in [1.54, 1.807) is 6.92 Å². The molecule has 1 N–H and O–H groups in total. The van der Waals surface area contributed by atoms with Crippen molar-refractivity contribution in [1.29, 1.82) is 0 Å². The average Bonchev–Trinajstić information content (AvgIpc) is 2.71. The summed E-state index contributed by atoms with van der Waals surface area (Å²) in [5, 5.41) is 3.18. The molecule has 0 bridgehead atoms. The number of nitrogens with one attached hydrogen (secondary N) is 1. The molecule has 3 nitrogen and oxygen atoms in total. The molecule has 8 heteroatoms. The molecule has 0 aliphatic rings. The quantitative estimate of drug-likeness (QED) is 0.748. The minimum atomic E-state index is -4.44. The number of halogens is 4. The highest BCUT2D eigenvalue weighted by molar-refractivity contribution is 9.10. The van der Waals surface area contributed by atoms with E-state index in [1.807, 2.05) is 0 Å². The first-order valence-electron chi connectivity index (χ1n) is 5.80. The van der Waals surface area contributed by atoms with Gasteiger partial charge < -0.3 is 5.32 Å². The van der Waals surface area contributed by atoms with Crippen LogP contribution in [0.1, 0.15) is 27.9 Å². The molecule has 0 spiro atoms. The molecule has 112 valence electrons. The molecule has 0 aliphatic heterocycles. The molecule has 2 rings (SSSR count). The summed E-state index contributed by atoms with van der Waals surface area (Å²) in [6.07, 6.45) is -4.44. The Bertz CT molecular complexity index is 697. The third kappa shape index (κ3) is 3.62. The second-order valence-corrected chi connectivity index (χ2v) is 6.16. The van der Waals surface area contributed by atoms with Crippen LogP contribution in [-0.4, -0.2) is 10.8 Å². The van der Waals surface area contributed by atoms with Gasteiger partial charge in [0.2, 0.25) is 0 Å². The molecule has 0 atom stereocenters. The number of thiazole rings is 1. The van der Waals surface area contributed by atoms with Crippen LogP contribution in [0.3, 0.4) is 0 Å². The number of carbonyl (C=O) groups excluding carboxylic acids is 1. The number of hydrogen-bond donors (Lipinski definition) is 1. The first-order chi connectivity index (χ1) is 9.68. The number of hydrogen-bond acceptors (Lipinski definition) is 4. The van der Waals surface area contributed by atoms with Gasteiger partial charge in [0, 0.05) is 17.1 Å². The second kappa shape index (κ2) is 5.76. The molecule has 1 aromatic heterocycles. The van der Waals surface area contributed by atoms with E-state index in [1.165, 1.54) is 19.1 Å². The third-order valence-electron chi connectivity index (χ3n) is 2.64. The van der Waals surface area contributed by atoms with Gasteiger partial charge in [-0.3, -0.25) is 4.79 Å². The van der Waals surface area contributed by atoms with Crippen molar-refractivity contribution in [3.8, 4) is 0 Å². The summed E-state index contributed by atoms with van der Waals surface area (Å²) in [7, 11) is 0. The fourth-order valence-electron chi connectivity index (χ4n) is 1.72. The van der Waals surface area contributed by atoms with Crippen molar-refractivity contribution in [1.82, 2.24) is 4.98 Å². The van der Waals surface area contributed by atoms with Crippen LogP contribution in [0.4, 0.5) is 24.0 Å². The van der Waals surface area contributed by atoms with Gasteiger partial charge in [-0.1, -0.05) is 27.3 Å². The predicted octanol–water partition coefficient (Wildman–Crippen LogP) is 5.18. The Hall–Kier alpha value is -1.41. The molecule has 0 unspecified atom stereocenters. The van der Waals surface area contributed by atoms with Gasteiger partial charge in [0.25, 0.3) is 0 Å². The zero-order valence-corrected chi connectivity index (χ0v) is 13.4. The van der Waals surface area contributed by atoms with E-state index in [0.717, 1.165) is 17.4 Å². The van der Waals surface area contributed by atoms with Gasteiger partial charge in [-0.15, -0.1) is 0 Å². The highest BCUT2D eigenvalue weighted by Gasteiger charge is 2.33. The van der Waals surface area contributed by atoms with E-state index in [0.29, 0.717) is 15.7 Å². The average molecular weight is 379 g/mol. The molecule has 2 aromatic rings. The van der Waals surface area contributed by atoms with E-state index in [4.69, 9.17) is 0 Å². The lowest BCUT2D eigenvalue weighted by atomic mass is 10.2. The SMILES string of the molecule is CC(=O)c1sc(Nc2ccc(Br)c(C(F)(F)F)c2)nc1C. The normalized spacial score (nSPS) is 11.5. The molecule has 0 fully saturated rings. The Balaban J connectivity index is 2.32. The van der Waals surface area contributed by atoms with Crippen LogP contribution < -0.4 is 5.32 Å². The molecule has 0 aliphatic carbocycles. The number of rotatable bonds is 3. The van der Waals surface area contributed by atoms with Gasteiger partial charge in [-0.2, -0.15) is 13.2 Å². The summed E-state index contributed by atoms with van der Waals surface area (Å²) in [4.78, 5) is 16.0. The minimum Gasteiger partial charge on any atom is -0.332 e. The number of benzene rings is 1. The lowest BCUT2D eigenvalue weighted by Gasteiger charge is -2.11. The molecule has 1 aromatic carbocycles. The standard InChI is InChI=1S/C13H10BrF3N2OS/c1-6-11(7(2)20)21-12(18-6)19-8-3-4-10(14)9(5-8)13(15,16)17/h3-5H,1-2H3,(H,18,19). The summed E-state index contributed by atoms with van der Waals surface area (Å²) in [6, 6.07) is 3.81. The molecule has 21 heavy (non-hydrogen) atoms. The Morgan fingerprint density at radius 1 is 1.38 bits per heavy atom. The van der Waals surface area contributed by atoms with Gasteiger partial charge in [0.05, 0.1) is 16.1 Å². The largest absolute Gasteiger partial charge is 0.417 e. The van der Waals surface area contributed by atoms with E-state index >= 15 is 0 Å². The van der Waals surface area contributed by atoms with Gasteiger partial charge in [-0.25, -0.2) is 4.98 Å². The van der Waals surface area contributed by atoms with Crippen molar-refractivity contribution in [2.24, 2.45) is 0 Å². The highest BCUT2D eigenvalue weighted by atomic mass is 79.9. The highest BCUT2D eigenvalue weighted by Crippen LogP contribution is 2.37. The lowest BCUT2D eigenvalue weighted by molar-refractivity contribution is -0.138. The number of anilines is 2. The fourth-order valence-corrected chi connectivity index (χ4v) is 3.07. The molecule has 0 radical (unpaired) electrons. The molecule has 0 saturated heterocycles. The molecular weight excluding hydrogens is 369 g/mol. The van der Waals surface area contributed by atoms with E-state index in [-0.39, 0.29) is 15.9 Å². The molecular formula is C13H10BrF3N2OS. The maximum absolute atomic E-state index is 12.8. The van der Waals surface area contributed by atoms with Crippen LogP contribution in [0.25, 0.3) is 0 Å². The first-order valence-corrected chi connectivity index (χ1v) is 7.41. The van der Waals surface area contributed by atoms with Crippen LogP contribution in [0, 0.1) is 6.92 Å². The zero-order valence-electron chi connectivity index (χ0n) is 11.0. The van der Waals surface area contributed by atoms with Crippen molar-refractivity contribution in [2.45, 2.75) is 20.0 Å². The van der Waals surface area contributed by atoms with Crippen LogP contribution >= 0.6 is 27.3 Å².